The fraction of sp³-hybridized carbons (Fsp3) is 0.238. The molecule has 2 aromatic carbocycles. The van der Waals surface area contributed by atoms with Crippen molar-refractivity contribution in [3.8, 4) is 17.6 Å². The van der Waals surface area contributed by atoms with E-state index in [1.807, 2.05) is 19.9 Å². The van der Waals surface area contributed by atoms with Crippen LogP contribution in [-0.4, -0.2) is 27.5 Å². The van der Waals surface area contributed by atoms with Crippen LogP contribution in [0.4, 0.5) is 5.69 Å². The summed E-state index contributed by atoms with van der Waals surface area (Å²) in [7, 11) is -3.83. The summed E-state index contributed by atoms with van der Waals surface area (Å²) in [4.78, 5) is 12.5. The molecule has 0 bridgehead atoms. The van der Waals surface area contributed by atoms with Crippen LogP contribution in [0.25, 0.3) is 6.08 Å². The first-order valence-electron chi connectivity index (χ1n) is 9.24. The molecule has 0 saturated carbocycles. The third-order valence-electron chi connectivity index (χ3n) is 3.87. The van der Waals surface area contributed by atoms with Gasteiger partial charge in [0, 0.05) is 11.3 Å². The van der Waals surface area contributed by atoms with Crippen molar-refractivity contribution in [1.82, 2.24) is 0 Å². The van der Waals surface area contributed by atoms with Gasteiger partial charge in [0.15, 0.2) is 11.5 Å². The number of carbonyl (C=O) groups is 1. The summed E-state index contributed by atoms with van der Waals surface area (Å²) in [6.45, 7) is 4.71. The van der Waals surface area contributed by atoms with Gasteiger partial charge in [-0.1, -0.05) is 19.1 Å². The molecule has 0 heterocycles. The summed E-state index contributed by atoms with van der Waals surface area (Å²) in [6.07, 6.45) is 2.20. The van der Waals surface area contributed by atoms with Gasteiger partial charge in [-0.05, 0) is 49.8 Å². The van der Waals surface area contributed by atoms with Crippen molar-refractivity contribution in [2.45, 2.75) is 25.2 Å². The fourth-order valence-electron chi connectivity index (χ4n) is 2.50. The van der Waals surface area contributed by atoms with Gasteiger partial charge in [0.2, 0.25) is 10.0 Å². The highest BCUT2D eigenvalue weighted by Crippen LogP contribution is 2.33. The zero-order valence-electron chi connectivity index (χ0n) is 16.7. The average molecular weight is 429 g/mol. The molecule has 0 aliphatic carbocycles. The number of nitrogens with one attached hydrogen (secondary N) is 1. The van der Waals surface area contributed by atoms with Crippen LogP contribution in [0, 0.1) is 11.3 Å². The predicted molar refractivity (Wildman–Crippen MR) is 113 cm³/mol. The Hall–Kier alpha value is -3.35. The molecular formula is C21H23N3O5S. The van der Waals surface area contributed by atoms with Gasteiger partial charge in [-0.2, -0.15) is 5.26 Å². The molecule has 0 aromatic heterocycles. The second-order valence-electron chi connectivity index (χ2n) is 6.15. The Kier molecular flexibility index (Phi) is 7.98. The van der Waals surface area contributed by atoms with E-state index in [1.54, 1.807) is 18.2 Å². The Morgan fingerprint density at radius 1 is 1.17 bits per heavy atom. The third kappa shape index (κ3) is 6.07. The molecule has 0 aliphatic rings. The molecule has 0 radical (unpaired) electrons. The van der Waals surface area contributed by atoms with E-state index < -0.39 is 15.9 Å². The minimum Gasteiger partial charge on any atom is -0.490 e. The number of sulfonamides is 1. The monoisotopic (exact) mass is 429 g/mol. The molecule has 3 N–H and O–H groups in total. The number of hydrogen-bond acceptors (Lipinski definition) is 6. The molecule has 0 atom stereocenters. The third-order valence-corrected chi connectivity index (χ3v) is 4.79. The molecule has 158 valence electrons. The van der Waals surface area contributed by atoms with E-state index in [4.69, 9.17) is 14.6 Å². The second kappa shape index (κ2) is 10.4. The Morgan fingerprint density at radius 3 is 2.43 bits per heavy atom. The van der Waals surface area contributed by atoms with E-state index in [9.17, 15) is 18.5 Å². The van der Waals surface area contributed by atoms with Crippen molar-refractivity contribution in [3.05, 3.63) is 53.6 Å². The molecule has 2 aromatic rings. The number of hydrogen-bond donors (Lipinski definition) is 2. The van der Waals surface area contributed by atoms with Crippen molar-refractivity contribution >= 4 is 27.7 Å². The first kappa shape index (κ1) is 22.9. The topological polar surface area (TPSA) is 132 Å². The van der Waals surface area contributed by atoms with Crippen molar-refractivity contribution in [1.29, 1.82) is 5.26 Å². The number of benzene rings is 2. The number of anilines is 1. The summed E-state index contributed by atoms with van der Waals surface area (Å²) >= 11 is 0. The quantitative estimate of drug-likeness (QED) is 0.465. The highest BCUT2D eigenvalue weighted by Gasteiger charge is 2.15. The highest BCUT2D eigenvalue weighted by atomic mass is 32.2. The smallest absolute Gasteiger partial charge is 0.266 e. The zero-order chi connectivity index (χ0) is 22.1. The normalized spacial score (nSPS) is 11.5. The number of nitrogens with zero attached hydrogens (tertiary/aromatic N) is 1. The predicted octanol–water partition coefficient (Wildman–Crippen LogP) is 3.07. The molecular weight excluding hydrogens is 406 g/mol. The SMILES string of the molecule is CCCOc1c(/C=C(\C#N)C(=O)Nc2ccc(S(N)(=O)=O)cc2)cccc1OCC. The van der Waals surface area contributed by atoms with Gasteiger partial charge < -0.3 is 14.8 Å². The molecule has 30 heavy (non-hydrogen) atoms. The number of rotatable bonds is 9. The van der Waals surface area contributed by atoms with E-state index in [-0.39, 0.29) is 10.5 Å². The van der Waals surface area contributed by atoms with Gasteiger partial charge >= 0.3 is 0 Å². The largest absolute Gasteiger partial charge is 0.490 e. The van der Waals surface area contributed by atoms with E-state index in [0.717, 1.165) is 6.42 Å². The van der Waals surface area contributed by atoms with Crippen LogP contribution in [0.15, 0.2) is 52.9 Å². The van der Waals surface area contributed by atoms with Crippen molar-refractivity contribution in [2.24, 2.45) is 5.14 Å². The summed E-state index contributed by atoms with van der Waals surface area (Å²) < 4.78 is 34.0. The molecule has 8 nitrogen and oxygen atoms in total. The van der Waals surface area contributed by atoms with Gasteiger partial charge in [0.05, 0.1) is 18.1 Å². The van der Waals surface area contributed by atoms with Crippen molar-refractivity contribution in [2.75, 3.05) is 18.5 Å². The van der Waals surface area contributed by atoms with E-state index in [1.165, 1.54) is 30.3 Å². The molecule has 2 rings (SSSR count). The van der Waals surface area contributed by atoms with Crippen LogP contribution < -0.4 is 19.9 Å². The number of ether oxygens (including phenoxy) is 2. The van der Waals surface area contributed by atoms with Gasteiger partial charge in [-0.25, -0.2) is 13.6 Å². The zero-order valence-corrected chi connectivity index (χ0v) is 17.5. The average Bonchev–Trinajstić information content (AvgIpc) is 2.71. The molecule has 0 unspecified atom stereocenters. The van der Waals surface area contributed by atoms with Gasteiger partial charge in [-0.15, -0.1) is 0 Å². The number of amides is 1. The first-order chi connectivity index (χ1) is 14.3. The number of nitrogens with two attached hydrogens (primary N) is 1. The minimum atomic E-state index is -3.83. The molecule has 0 spiro atoms. The number of para-hydroxylation sites is 1. The molecule has 9 heteroatoms. The molecule has 0 aliphatic heterocycles. The first-order valence-corrected chi connectivity index (χ1v) is 10.8. The van der Waals surface area contributed by atoms with Crippen LogP contribution >= 0.6 is 0 Å². The summed E-state index contributed by atoms with van der Waals surface area (Å²) in [6, 6.07) is 12.4. The van der Waals surface area contributed by atoms with Gasteiger partial charge in [0.25, 0.3) is 5.91 Å². The van der Waals surface area contributed by atoms with Crippen molar-refractivity contribution in [3.63, 3.8) is 0 Å². The second-order valence-corrected chi connectivity index (χ2v) is 7.71. The van der Waals surface area contributed by atoms with E-state index in [2.05, 4.69) is 5.32 Å². The molecule has 0 fully saturated rings. The van der Waals surface area contributed by atoms with Gasteiger partial charge in [-0.3, -0.25) is 4.79 Å². The Morgan fingerprint density at radius 2 is 1.87 bits per heavy atom. The Bertz CT molecular complexity index is 1070. The summed E-state index contributed by atoms with van der Waals surface area (Å²) in [5, 5.41) is 17.1. The Labute approximate surface area is 176 Å². The van der Waals surface area contributed by atoms with E-state index >= 15 is 0 Å². The van der Waals surface area contributed by atoms with Crippen LogP contribution in [-0.2, 0) is 14.8 Å². The number of primary sulfonamides is 1. The van der Waals surface area contributed by atoms with Gasteiger partial charge in [0.1, 0.15) is 11.6 Å². The maximum absolute atomic E-state index is 12.5. The standard InChI is InChI=1S/C21H23N3O5S/c1-3-12-29-20-15(6-5-7-19(20)28-4-2)13-16(14-22)21(25)24-17-8-10-18(11-9-17)30(23,26)27/h5-11,13H,3-4,12H2,1-2H3,(H,24,25)(H2,23,26,27)/b16-13+. The minimum absolute atomic E-state index is 0.0815. The molecule has 0 saturated heterocycles. The highest BCUT2D eigenvalue weighted by molar-refractivity contribution is 7.89. The maximum atomic E-state index is 12.5. The maximum Gasteiger partial charge on any atom is 0.266 e. The Balaban J connectivity index is 2.31. The van der Waals surface area contributed by atoms with Crippen LogP contribution in [0.3, 0.4) is 0 Å². The van der Waals surface area contributed by atoms with Crippen molar-refractivity contribution < 1.29 is 22.7 Å². The van der Waals surface area contributed by atoms with Crippen LogP contribution in [0.2, 0.25) is 0 Å². The lowest BCUT2D eigenvalue weighted by atomic mass is 10.1. The van der Waals surface area contributed by atoms with E-state index in [0.29, 0.717) is 36.0 Å². The lowest BCUT2D eigenvalue weighted by Gasteiger charge is -2.14. The lowest BCUT2D eigenvalue weighted by Crippen LogP contribution is -2.15. The number of nitriles is 1. The lowest BCUT2D eigenvalue weighted by molar-refractivity contribution is -0.112. The molecule has 1 amide bonds. The fourth-order valence-corrected chi connectivity index (χ4v) is 3.02. The summed E-state index contributed by atoms with van der Waals surface area (Å²) in [5.41, 5.74) is 0.699. The summed E-state index contributed by atoms with van der Waals surface area (Å²) in [5.74, 6) is 0.333. The van der Waals surface area contributed by atoms with Crippen LogP contribution in [0.1, 0.15) is 25.8 Å². The van der Waals surface area contributed by atoms with Crippen LogP contribution in [0.5, 0.6) is 11.5 Å². The number of carbonyl (C=O) groups excluding carboxylic acids is 1.